The van der Waals surface area contributed by atoms with Gasteiger partial charge in [-0.15, -0.1) is 0 Å². The fourth-order valence-electron chi connectivity index (χ4n) is 4.09. The standard InChI is InChI=1S/C20H23N3O4/c24-17-7-8-27-18-6-5-14(10-16(17)18)22-20(26)21-11-13-9-19(25)23(12-13)15-3-1-2-4-15/h5-8,10,13,15H,1-4,9,11-12H2,(H2,21,22,26)/t13-/m1/s1. The summed E-state index contributed by atoms with van der Waals surface area (Å²) in [6.07, 6.45) is 6.44. The number of benzene rings is 1. The first kappa shape index (κ1) is 17.6. The number of amides is 3. The fraction of sp³-hybridized carbons (Fsp3) is 0.450. The van der Waals surface area contributed by atoms with E-state index in [1.807, 2.05) is 4.90 Å². The number of fused-ring (bicyclic) bond motifs is 1. The first-order chi connectivity index (χ1) is 13.1. The lowest BCUT2D eigenvalue weighted by Crippen LogP contribution is -2.36. The molecule has 2 heterocycles. The van der Waals surface area contributed by atoms with Gasteiger partial charge in [0.25, 0.3) is 0 Å². The summed E-state index contributed by atoms with van der Waals surface area (Å²) >= 11 is 0. The van der Waals surface area contributed by atoms with Crippen LogP contribution in [0, 0.1) is 5.92 Å². The number of urea groups is 1. The lowest BCUT2D eigenvalue weighted by molar-refractivity contribution is -0.129. The normalized spacial score (nSPS) is 20.4. The molecule has 3 amide bonds. The van der Waals surface area contributed by atoms with Gasteiger partial charge < -0.3 is 20.0 Å². The zero-order valence-corrected chi connectivity index (χ0v) is 15.1. The number of likely N-dealkylation sites (tertiary alicyclic amines) is 1. The van der Waals surface area contributed by atoms with E-state index in [0.717, 1.165) is 19.4 Å². The van der Waals surface area contributed by atoms with Crippen molar-refractivity contribution in [2.75, 3.05) is 18.4 Å². The van der Waals surface area contributed by atoms with E-state index in [0.29, 0.717) is 35.7 Å². The number of rotatable bonds is 4. The molecule has 2 aliphatic rings. The third-order valence-corrected chi connectivity index (χ3v) is 5.47. The van der Waals surface area contributed by atoms with Crippen molar-refractivity contribution in [3.8, 4) is 0 Å². The van der Waals surface area contributed by atoms with E-state index in [4.69, 9.17) is 4.42 Å². The molecule has 0 radical (unpaired) electrons. The van der Waals surface area contributed by atoms with Crippen molar-refractivity contribution in [3.63, 3.8) is 0 Å². The number of hydrogen-bond donors (Lipinski definition) is 2. The SMILES string of the molecule is O=C(NC[C@H]1CC(=O)N(C2CCCC2)C1)Nc1ccc2occc(=O)c2c1. The Balaban J connectivity index is 1.32. The second-order valence-electron chi connectivity index (χ2n) is 7.39. The van der Waals surface area contributed by atoms with Gasteiger partial charge >= 0.3 is 6.03 Å². The van der Waals surface area contributed by atoms with E-state index in [9.17, 15) is 14.4 Å². The quantitative estimate of drug-likeness (QED) is 0.867. The molecule has 1 aliphatic carbocycles. The zero-order chi connectivity index (χ0) is 18.8. The Kier molecular flexibility index (Phi) is 4.83. The smallest absolute Gasteiger partial charge is 0.319 e. The predicted octanol–water partition coefficient (Wildman–Crippen LogP) is 2.71. The molecule has 2 N–H and O–H groups in total. The van der Waals surface area contributed by atoms with Gasteiger partial charge in [0, 0.05) is 43.2 Å². The molecule has 1 aromatic heterocycles. The minimum absolute atomic E-state index is 0.146. The molecule has 1 aromatic carbocycles. The Morgan fingerprint density at radius 3 is 2.81 bits per heavy atom. The summed E-state index contributed by atoms with van der Waals surface area (Å²) in [5, 5.41) is 5.99. The fourth-order valence-corrected chi connectivity index (χ4v) is 4.09. The summed E-state index contributed by atoms with van der Waals surface area (Å²) in [6.45, 7) is 1.18. The summed E-state index contributed by atoms with van der Waals surface area (Å²) in [6, 6.07) is 6.33. The zero-order valence-electron chi connectivity index (χ0n) is 15.1. The minimum Gasteiger partial charge on any atom is -0.464 e. The van der Waals surface area contributed by atoms with E-state index >= 15 is 0 Å². The summed E-state index contributed by atoms with van der Waals surface area (Å²) in [5.74, 6) is 0.350. The molecule has 142 valence electrons. The lowest BCUT2D eigenvalue weighted by atomic mass is 10.1. The third-order valence-electron chi connectivity index (χ3n) is 5.47. The van der Waals surface area contributed by atoms with Gasteiger partial charge in [0.15, 0.2) is 5.43 Å². The Morgan fingerprint density at radius 1 is 1.19 bits per heavy atom. The van der Waals surface area contributed by atoms with Gasteiger partial charge in [0.1, 0.15) is 5.58 Å². The molecule has 1 atom stereocenters. The molecule has 2 fully saturated rings. The van der Waals surface area contributed by atoms with Gasteiger partial charge in [-0.1, -0.05) is 12.8 Å². The van der Waals surface area contributed by atoms with E-state index in [1.165, 1.54) is 25.2 Å². The number of nitrogens with one attached hydrogen (secondary N) is 2. The van der Waals surface area contributed by atoms with Crippen LogP contribution in [0.1, 0.15) is 32.1 Å². The third kappa shape index (κ3) is 3.82. The van der Waals surface area contributed by atoms with E-state index < -0.39 is 0 Å². The summed E-state index contributed by atoms with van der Waals surface area (Å²) in [7, 11) is 0. The van der Waals surface area contributed by atoms with Crippen molar-refractivity contribution >= 4 is 28.6 Å². The number of carbonyl (C=O) groups excluding carboxylic acids is 2. The van der Waals surface area contributed by atoms with Crippen LogP contribution < -0.4 is 16.1 Å². The average Bonchev–Trinajstić information content (AvgIpc) is 3.30. The molecule has 27 heavy (non-hydrogen) atoms. The summed E-state index contributed by atoms with van der Waals surface area (Å²) in [5.41, 5.74) is 0.843. The van der Waals surface area contributed by atoms with Crippen molar-refractivity contribution in [2.45, 2.75) is 38.1 Å². The highest BCUT2D eigenvalue weighted by Gasteiger charge is 2.35. The molecule has 0 spiro atoms. The second kappa shape index (κ2) is 7.42. The first-order valence-corrected chi connectivity index (χ1v) is 9.46. The van der Waals surface area contributed by atoms with Crippen molar-refractivity contribution in [2.24, 2.45) is 5.92 Å². The highest BCUT2D eigenvalue weighted by molar-refractivity contribution is 5.92. The van der Waals surface area contributed by atoms with Crippen LogP contribution in [0.15, 0.2) is 39.7 Å². The number of anilines is 1. The molecule has 2 aromatic rings. The Hall–Kier alpha value is -2.83. The number of hydrogen-bond acceptors (Lipinski definition) is 4. The van der Waals surface area contributed by atoms with Crippen LogP contribution in [0.25, 0.3) is 11.0 Å². The van der Waals surface area contributed by atoms with Gasteiger partial charge in [-0.25, -0.2) is 4.79 Å². The molecule has 0 bridgehead atoms. The molecule has 1 saturated carbocycles. The maximum atomic E-state index is 12.2. The molecule has 4 rings (SSSR count). The van der Waals surface area contributed by atoms with Crippen molar-refractivity contribution < 1.29 is 14.0 Å². The first-order valence-electron chi connectivity index (χ1n) is 9.46. The molecule has 7 heteroatoms. The van der Waals surface area contributed by atoms with Crippen molar-refractivity contribution in [1.29, 1.82) is 0 Å². The Bertz CT molecular complexity index is 917. The number of carbonyl (C=O) groups is 2. The van der Waals surface area contributed by atoms with Gasteiger partial charge in [-0.05, 0) is 31.0 Å². The molecule has 0 unspecified atom stereocenters. The van der Waals surface area contributed by atoms with Crippen molar-refractivity contribution in [1.82, 2.24) is 10.2 Å². The highest BCUT2D eigenvalue weighted by Crippen LogP contribution is 2.29. The highest BCUT2D eigenvalue weighted by atomic mass is 16.3. The van der Waals surface area contributed by atoms with Crippen LogP contribution in [-0.2, 0) is 4.79 Å². The summed E-state index contributed by atoms with van der Waals surface area (Å²) in [4.78, 5) is 38.3. The van der Waals surface area contributed by atoms with Crippen LogP contribution >= 0.6 is 0 Å². The van der Waals surface area contributed by atoms with Crippen LogP contribution in [-0.4, -0.2) is 36.0 Å². The monoisotopic (exact) mass is 369 g/mol. The molecular weight excluding hydrogens is 346 g/mol. The molecule has 1 saturated heterocycles. The van der Waals surface area contributed by atoms with Crippen LogP contribution in [0.5, 0.6) is 0 Å². The second-order valence-corrected chi connectivity index (χ2v) is 7.39. The van der Waals surface area contributed by atoms with E-state index in [2.05, 4.69) is 10.6 Å². The maximum absolute atomic E-state index is 12.2. The van der Waals surface area contributed by atoms with Gasteiger partial charge in [0.2, 0.25) is 5.91 Å². The van der Waals surface area contributed by atoms with Gasteiger partial charge in [-0.3, -0.25) is 9.59 Å². The predicted molar refractivity (Wildman–Crippen MR) is 102 cm³/mol. The minimum atomic E-state index is -0.346. The topological polar surface area (TPSA) is 91.7 Å². The van der Waals surface area contributed by atoms with Crippen molar-refractivity contribution in [3.05, 3.63) is 40.8 Å². The average molecular weight is 369 g/mol. The van der Waals surface area contributed by atoms with E-state index in [1.54, 1.807) is 18.2 Å². The molecule has 7 nitrogen and oxygen atoms in total. The van der Waals surface area contributed by atoms with Crippen LogP contribution in [0.3, 0.4) is 0 Å². The van der Waals surface area contributed by atoms with Crippen LogP contribution in [0.4, 0.5) is 10.5 Å². The van der Waals surface area contributed by atoms with Crippen LogP contribution in [0.2, 0.25) is 0 Å². The maximum Gasteiger partial charge on any atom is 0.319 e. The number of nitrogens with zero attached hydrogens (tertiary/aromatic N) is 1. The Morgan fingerprint density at radius 2 is 2.00 bits per heavy atom. The van der Waals surface area contributed by atoms with Gasteiger partial charge in [-0.2, -0.15) is 0 Å². The molecule has 1 aliphatic heterocycles. The molecular formula is C20H23N3O4. The Labute approximate surface area is 156 Å². The summed E-state index contributed by atoms with van der Waals surface area (Å²) < 4.78 is 5.26. The van der Waals surface area contributed by atoms with Gasteiger partial charge in [0.05, 0.1) is 11.6 Å². The van der Waals surface area contributed by atoms with E-state index in [-0.39, 0.29) is 23.3 Å². The lowest BCUT2D eigenvalue weighted by Gasteiger charge is -2.24. The largest absolute Gasteiger partial charge is 0.464 e.